The number of thiazole rings is 1. The fourth-order valence-corrected chi connectivity index (χ4v) is 3.28. The highest BCUT2D eigenvalue weighted by Gasteiger charge is 2.11. The van der Waals surface area contributed by atoms with Crippen LogP contribution in [-0.2, 0) is 6.54 Å². The molecule has 0 atom stereocenters. The third kappa shape index (κ3) is 2.69. The van der Waals surface area contributed by atoms with Gasteiger partial charge in [0.05, 0.1) is 17.2 Å². The zero-order valence-electron chi connectivity index (χ0n) is 8.49. The van der Waals surface area contributed by atoms with Crippen molar-refractivity contribution in [2.75, 3.05) is 0 Å². The van der Waals surface area contributed by atoms with Crippen molar-refractivity contribution in [1.82, 2.24) is 10.3 Å². The van der Waals surface area contributed by atoms with Crippen LogP contribution >= 0.6 is 38.6 Å². The quantitative estimate of drug-likeness (QED) is 0.944. The summed E-state index contributed by atoms with van der Waals surface area (Å²) in [5.41, 5.74) is 0.906. The molecule has 0 unspecified atom stereocenters. The lowest BCUT2D eigenvalue weighted by Crippen LogP contribution is -2.22. The number of aryl methyl sites for hydroxylation is 1. The van der Waals surface area contributed by atoms with Gasteiger partial charge >= 0.3 is 0 Å². The van der Waals surface area contributed by atoms with Gasteiger partial charge in [0.1, 0.15) is 4.88 Å². The number of carbonyl (C=O) groups excluding carboxylic acids is 1. The van der Waals surface area contributed by atoms with Gasteiger partial charge in [-0.15, -0.1) is 22.7 Å². The zero-order chi connectivity index (χ0) is 11.5. The molecule has 1 amide bonds. The second-order valence-corrected chi connectivity index (χ2v) is 5.97. The third-order valence-electron chi connectivity index (χ3n) is 1.92. The first-order chi connectivity index (χ1) is 7.66. The summed E-state index contributed by atoms with van der Waals surface area (Å²) in [6.07, 6.45) is 0. The van der Waals surface area contributed by atoms with Gasteiger partial charge in [-0.1, -0.05) is 0 Å². The number of hydrogen-bond donors (Lipinski definition) is 1. The summed E-state index contributed by atoms with van der Waals surface area (Å²) in [6.45, 7) is 2.43. The first kappa shape index (κ1) is 11.8. The molecule has 2 heterocycles. The van der Waals surface area contributed by atoms with Crippen molar-refractivity contribution in [2.24, 2.45) is 0 Å². The average molecular weight is 317 g/mol. The summed E-state index contributed by atoms with van der Waals surface area (Å²) in [7, 11) is 0. The smallest absolute Gasteiger partial charge is 0.262 e. The predicted molar refractivity (Wildman–Crippen MR) is 70.0 cm³/mol. The molecule has 2 aromatic rings. The van der Waals surface area contributed by atoms with E-state index >= 15 is 0 Å². The van der Waals surface area contributed by atoms with Gasteiger partial charge in [-0.25, -0.2) is 4.98 Å². The number of nitrogens with one attached hydrogen (secondary N) is 1. The molecule has 0 radical (unpaired) electrons. The highest BCUT2D eigenvalue weighted by Crippen LogP contribution is 2.22. The highest BCUT2D eigenvalue weighted by atomic mass is 79.9. The topological polar surface area (TPSA) is 42.0 Å². The molecule has 1 N–H and O–H groups in total. The molecule has 2 rings (SSSR count). The summed E-state index contributed by atoms with van der Waals surface area (Å²) >= 11 is 6.34. The molecule has 16 heavy (non-hydrogen) atoms. The molecule has 0 spiro atoms. The Bertz CT molecular complexity index is 506. The monoisotopic (exact) mass is 316 g/mol. The molecule has 0 aliphatic carbocycles. The molecule has 3 nitrogen and oxygen atoms in total. The van der Waals surface area contributed by atoms with E-state index in [0.29, 0.717) is 11.4 Å². The number of halogens is 1. The van der Waals surface area contributed by atoms with Gasteiger partial charge in [0.15, 0.2) is 0 Å². The highest BCUT2D eigenvalue weighted by molar-refractivity contribution is 9.10. The van der Waals surface area contributed by atoms with Crippen LogP contribution in [0.1, 0.15) is 20.4 Å². The Balaban J connectivity index is 1.96. The van der Waals surface area contributed by atoms with Crippen molar-refractivity contribution in [2.45, 2.75) is 13.5 Å². The van der Waals surface area contributed by atoms with Crippen LogP contribution in [-0.4, -0.2) is 10.9 Å². The maximum absolute atomic E-state index is 11.8. The lowest BCUT2D eigenvalue weighted by Gasteiger charge is -2.01. The van der Waals surface area contributed by atoms with E-state index in [1.54, 1.807) is 11.3 Å². The Morgan fingerprint density at radius 3 is 2.94 bits per heavy atom. The van der Waals surface area contributed by atoms with Crippen LogP contribution in [0.5, 0.6) is 0 Å². The Morgan fingerprint density at radius 1 is 1.56 bits per heavy atom. The summed E-state index contributed by atoms with van der Waals surface area (Å²) in [5, 5.41) is 7.69. The van der Waals surface area contributed by atoms with E-state index in [1.165, 1.54) is 11.3 Å². The van der Waals surface area contributed by atoms with Gasteiger partial charge in [0, 0.05) is 9.85 Å². The van der Waals surface area contributed by atoms with Gasteiger partial charge < -0.3 is 5.32 Å². The van der Waals surface area contributed by atoms with Crippen LogP contribution in [0.4, 0.5) is 0 Å². The fraction of sp³-hybridized carbons (Fsp3) is 0.200. The number of thiophene rings is 1. The number of rotatable bonds is 3. The SMILES string of the molecule is Cc1nc(CNC(=O)c2sccc2Br)cs1. The van der Waals surface area contributed by atoms with Crippen molar-refractivity contribution in [3.05, 3.63) is 36.9 Å². The molecule has 6 heteroatoms. The largest absolute Gasteiger partial charge is 0.346 e. The minimum Gasteiger partial charge on any atom is -0.346 e. The van der Waals surface area contributed by atoms with Gasteiger partial charge in [0.2, 0.25) is 0 Å². The van der Waals surface area contributed by atoms with E-state index < -0.39 is 0 Å². The average Bonchev–Trinajstić information content (AvgIpc) is 2.84. The van der Waals surface area contributed by atoms with Crippen molar-refractivity contribution in [1.29, 1.82) is 0 Å². The predicted octanol–water partition coefficient (Wildman–Crippen LogP) is 3.21. The second kappa shape index (κ2) is 5.07. The van der Waals surface area contributed by atoms with Gasteiger partial charge in [-0.3, -0.25) is 4.79 Å². The normalized spacial score (nSPS) is 10.4. The van der Waals surface area contributed by atoms with Crippen LogP contribution in [0.2, 0.25) is 0 Å². The lowest BCUT2D eigenvalue weighted by atomic mass is 10.4. The summed E-state index contributed by atoms with van der Waals surface area (Å²) < 4.78 is 0.837. The standard InChI is InChI=1S/C10H9BrN2OS2/c1-6-13-7(5-16-6)4-12-10(14)9-8(11)2-3-15-9/h2-3,5H,4H2,1H3,(H,12,14). The van der Waals surface area contributed by atoms with E-state index in [0.717, 1.165) is 15.2 Å². The molecular formula is C10H9BrN2OS2. The molecule has 0 saturated carbocycles. The maximum atomic E-state index is 11.8. The van der Waals surface area contributed by atoms with Crippen molar-refractivity contribution in [3.63, 3.8) is 0 Å². The van der Waals surface area contributed by atoms with Crippen LogP contribution < -0.4 is 5.32 Å². The molecule has 0 aliphatic rings. The Labute approximate surface area is 110 Å². The second-order valence-electron chi connectivity index (χ2n) is 3.14. The van der Waals surface area contributed by atoms with Gasteiger partial charge in [-0.2, -0.15) is 0 Å². The Morgan fingerprint density at radius 2 is 2.38 bits per heavy atom. The Hall–Kier alpha value is -0.720. The van der Waals surface area contributed by atoms with E-state index in [4.69, 9.17) is 0 Å². The fourth-order valence-electron chi connectivity index (χ4n) is 1.20. The van der Waals surface area contributed by atoms with E-state index in [9.17, 15) is 4.79 Å². The number of nitrogens with zero attached hydrogens (tertiary/aromatic N) is 1. The Kier molecular flexibility index (Phi) is 3.73. The minimum absolute atomic E-state index is 0.0625. The number of amides is 1. The molecule has 0 saturated heterocycles. The molecule has 84 valence electrons. The minimum atomic E-state index is -0.0625. The maximum Gasteiger partial charge on any atom is 0.262 e. The van der Waals surface area contributed by atoms with E-state index in [-0.39, 0.29) is 5.91 Å². The zero-order valence-corrected chi connectivity index (χ0v) is 11.7. The summed E-state index contributed by atoms with van der Waals surface area (Å²) in [6, 6.07) is 1.87. The first-order valence-electron chi connectivity index (χ1n) is 4.59. The third-order valence-corrected chi connectivity index (χ3v) is 4.58. The number of carbonyl (C=O) groups is 1. The summed E-state index contributed by atoms with van der Waals surface area (Å²) in [4.78, 5) is 16.7. The molecule has 2 aromatic heterocycles. The van der Waals surface area contributed by atoms with Crippen LogP contribution in [0.25, 0.3) is 0 Å². The molecular weight excluding hydrogens is 308 g/mol. The van der Waals surface area contributed by atoms with E-state index in [1.807, 2.05) is 23.8 Å². The van der Waals surface area contributed by atoms with Crippen LogP contribution in [0, 0.1) is 6.92 Å². The van der Waals surface area contributed by atoms with Crippen molar-refractivity contribution in [3.8, 4) is 0 Å². The lowest BCUT2D eigenvalue weighted by molar-refractivity contribution is 0.0954. The first-order valence-corrected chi connectivity index (χ1v) is 7.14. The van der Waals surface area contributed by atoms with E-state index in [2.05, 4.69) is 26.2 Å². The molecule has 0 bridgehead atoms. The summed E-state index contributed by atoms with van der Waals surface area (Å²) in [5.74, 6) is -0.0625. The number of aromatic nitrogens is 1. The van der Waals surface area contributed by atoms with Crippen molar-refractivity contribution >= 4 is 44.5 Å². The number of hydrogen-bond acceptors (Lipinski definition) is 4. The molecule has 0 fully saturated rings. The van der Waals surface area contributed by atoms with Crippen LogP contribution in [0.3, 0.4) is 0 Å². The van der Waals surface area contributed by atoms with Crippen LogP contribution in [0.15, 0.2) is 21.3 Å². The van der Waals surface area contributed by atoms with Gasteiger partial charge in [-0.05, 0) is 34.3 Å². The van der Waals surface area contributed by atoms with Gasteiger partial charge in [0.25, 0.3) is 5.91 Å². The van der Waals surface area contributed by atoms with Crippen molar-refractivity contribution < 1.29 is 4.79 Å². The molecule has 0 aliphatic heterocycles. The molecule has 0 aromatic carbocycles.